The lowest BCUT2D eigenvalue weighted by Crippen LogP contribution is -2.65. The standard InChI is InChI=1S/C9H2F16O3/c10-1(11)2(12)26-8(22,23)7(21,27-5(17,18)3(13)14)9(24,25)28-6(19,20)4(15)16/h3-4H. The molecule has 28 heavy (non-hydrogen) atoms. The maximum atomic E-state index is 13.8. The van der Waals surface area contributed by atoms with E-state index in [4.69, 9.17) is 0 Å². The number of hydrogen-bond donors (Lipinski definition) is 0. The predicted molar refractivity (Wildman–Crippen MR) is 49.2 cm³/mol. The molecule has 19 heteroatoms. The average molecular weight is 462 g/mol. The van der Waals surface area contributed by atoms with Crippen LogP contribution < -0.4 is 0 Å². The van der Waals surface area contributed by atoms with Gasteiger partial charge >= 0.3 is 55.2 Å². The third kappa shape index (κ3) is 5.45. The molecule has 0 saturated carbocycles. The van der Waals surface area contributed by atoms with Gasteiger partial charge in [0.15, 0.2) is 0 Å². The molecule has 0 aliphatic rings. The molecular formula is C9H2F16O3. The van der Waals surface area contributed by atoms with Crippen LogP contribution in [0.1, 0.15) is 0 Å². The number of halogens is 16. The van der Waals surface area contributed by atoms with E-state index in [9.17, 15) is 70.2 Å². The minimum atomic E-state index is -7.49. The van der Waals surface area contributed by atoms with Crippen LogP contribution in [0, 0.1) is 0 Å². The van der Waals surface area contributed by atoms with E-state index in [-0.39, 0.29) is 0 Å². The van der Waals surface area contributed by atoms with E-state index in [1.54, 1.807) is 9.47 Å². The highest BCUT2D eigenvalue weighted by atomic mass is 19.3. The quantitative estimate of drug-likeness (QED) is 0.311. The molecule has 0 amide bonds. The van der Waals surface area contributed by atoms with Crippen molar-refractivity contribution in [3.8, 4) is 0 Å². The number of alkyl halides is 13. The fourth-order valence-corrected chi connectivity index (χ4v) is 1.02. The van der Waals surface area contributed by atoms with Crippen molar-refractivity contribution in [1.82, 2.24) is 0 Å². The van der Waals surface area contributed by atoms with Crippen LogP contribution >= 0.6 is 0 Å². The summed E-state index contributed by atoms with van der Waals surface area (Å²) in [6, 6.07) is -3.99. The molecule has 0 aromatic carbocycles. The Kier molecular flexibility index (Phi) is 7.52. The van der Waals surface area contributed by atoms with Crippen LogP contribution in [0.3, 0.4) is 0 Å². The summed E-state index contributed by atoms with van der Waals surface area (Å²) in [4.78, 5) is 0. The number of rotatable bonds is 10. The highest BCUT2D eigenvalue weighted by molar-refractivity contribution is 4.94. The second-order valence-electron chi connectivity index (χ2n) is 4.19. The van der Waals surface area contributed by atoms with Crippen molar-refractivity contribution < 1.29 is 84.5 Å². The van der Waals surface area contributed by atoms with Gasteiger partial charge in [-0.05, 0) is 0 Å². The zero-order valence-electron chi connectivity index (χ0n) is 11.9. The van der Waals surface area contributed by atoms with Gasteiger partial charge in [0.2, 0.25) is 0 Å². The Balaban J connectivity index is 6.44. The first-order chi connectivity index (χ1) is 12.1. The normalized spacial score (nSPS) is 16.4. The Morgan fingerprint density at radius 2 is 0.929 bits per heavy atom. The fourth-order valence-electron chi connectivity index (χ4n) is 1.02. The van der Waals surface area contributed by atoms with Crippen molar-refractivity contribution in [2.75, 3.05) is 0 Å². The summed E-state index contributed by atoms with van der Waals surface area (Å²) in [7, 11) is 0. The van der Waals surface area contributed by atoms with Gasteiger partial charge in [0.25, 0.3) is 0 Å². The Morgan fingerprint density at radius 3 is 1.25 bits per heavy atom. The molecule has 3 nitrogen and oxygen atoms in total. The van der Waals surface area contributed by atoms with E-state index in [1.807, 2.05) is 4.74 Å². The maximum absolute atomic E-state index is 13.8. The molecule has 1 unspecified atom stereocenters. The molecule has 0 N–H and O–H groups in total. The molecule has 0 fully saturated rings. The summed E-state index contributed by atoms with van der Waals surface area (Å²) < 4.78 is 205. The summed E-state index contributed by atoms with van der Waals surface area (Å²) in [5.41, 5.74) is 0. The number of ether oxygens (including phenoxy) is 3. The monoisotopic (exact) mass is 462 g/mol. The second-order valence-corrected chi connectivity index (χ2v) is 4.19. The minimum absolute atomic E-state index is 1.63. The van der Waals surface area contributed by atoms with Crippen LogP contribution in [-0.2, 0) is 14.2 Å². The topological polar surface area (TPSA) is 27.7 Å². The van der Waals surface area contributed by atoms with Crippen molar-refractivity contribution in [2.45, 2.75) is 43.1 Å². The van der Waals surface area contributed by atoms with Crippen LogP contribution in [0.5, 0.6) is 0 Å². The van der Waals surface area contributed by atoms with E-state index in [1.165, 1.54) is 0 Å². The van der Waals surface area contributed by atoms with Crippen molar-refractivity contribution in [3.63, 3.8) is 0 Å². The lowest BCUT2D eigenvalue weighted by Gasteiger charge is -2.38. The van der Waals surface area contributed by atoms with Crippen LogP contribution in [0.25, 0.3) is 0 Å². The van der Waals surface area contributed by atoms with Gasteiger partial charge in [-0.15, -0.1) is 0 Å². The smallest absolute Gasteiger partial charge is 0.398 e. The van der Waals surface area contributed by atoms with Crippen molar-refractivity contribution in [3.05, 3.63) is 12.1 Å². The largest absolute Gasteiger partial charge is 0.471 e. The van der Waals surface area contributed by atoms with E-state index in [0.717, 1.165) is 0 Å². The summed E-state index contributed by atoms with van der Waals surface area (Å²) in [5, 5.41) is 0. The molecule has 0 aliphatic heterocycles. The van der Waals surface area contributed by atoms with Crippen LogP contribution in [0.2, 0.25) is 0 Å². The molecule has 1 atom stereocenters. The number of hydrogen-bond acceptors (Lipinski definition) is 3. The molecule has 0 heterocycles. The molecular weight excluding hydrogens is 460 g/mol. The molecule has 0 aromatic rings. The SMILES string of the molecule is FC(F)=C(F)OC(F)(F)C(F)(OC(F)(F)C(F)F)C(F)(F)OC(F)(F)C(F)F. The van der Waals surface area contributed by atoms with Gasteiger partial charge in [-0.25, -0.2) is 22.3 Å². The lowest BCUT2D eigenvalue weighted by atomic mass is 10.2. The molecule has 0 aromatic heterocycles. The van der Waals surface area contributed by atoms with Gasteiger partial charge in [0, 0.05) is 0 Å². The Labute approximate surface area is 141 Å². The van der Waals surface area contributed by atoms with E-state index < -0.39 is 55.2 Å². The Bertz CT molecular complexity index is 570. The fraction of sp³-hybridized carbons (Fsp3) is 0.778. The van der Waals surface area contributed by atoms with Crippen LogP contribution in [0.15, 0.2) is 12.1 Å². The first-order valence-corrected chi connectivity index (χ1v) is 5.69. The highest BCUT2D eigenvalue weighted by Gasteiger charge is 2.81. The summed E-state index contributed by atoms with van der Waals surface area (Å²) >= 11 is 0. The van der Waals surface area contributed by atoms with Gasteiger partial charge in [-0.2, -0.15) is 52.7 Å². The molecule has 0 bridgehead atoms. The van der Waals surface area contributed by atoms with E-state index in [0.29, 0.717) is 0 Å². The molecule has 0 radical (unpaired) electrons. The molecule has 0 saturated heterocycles. The van der Waals surface area contributed by atoms with Crippen molar-refractivity contribution in [1.29, 1.82) is 0 Å². The van der Waals surface area contributed by atoms with Crippen LogP contribution in [0.4, 0.5) is 70.2 Å². The van der Waals surface area contributed by atoms with E-state index in [2.05, 4.69) is 0 Å². The van der Waals surface area contributed by atoms with E-state index >= 15 is 0 Å². The Morgan fingerprint density at radius 1 is 0.571 bits per heavy atom. The summed E-state index contributed by atoms with van der Waals surface area (Å²) in [6.45, 7) is 0. The molecule has 0 rings (SSSR count). The minimum Gasteiger partial charge on any atom is -0.398 e. The lowest BCUT2D eigenvalue weighted by molar-refractivity contribution is -0.548. The first-order valence-electron chi connectivity index (χ1n) is 5.69. The summed E-state index contributed by atoms with van der Waals surface area (Å²) in [5.74, 6) is -7.49. The van der Waals surface area contributed by atoms with Crippen molar-refractivity contribution in [2.24, 2.45) is 0 Å². The van der Waals surface area contributed by atoms with Gasteiger partial charge in [0.05, 0.1) is 0 Å². The first kappa shape index (κ1) is 26.3. The van der Waals surface area contributed by atoms with Gasteiger partial charge in [-0.1, -0.05) is 0 Å². The third-order valence-electron chi connectivity index (χ3n) is 2.16. The summed E-state index contributed by atoms with van der Waals surface area (Å²) in [6.07, 6.45) is -43.0. The second kappa shape index (κ2) is 7.99. The van der Waals surface area contributed by atoms with Gasteiger partial charge < -0.3 is 4.74 Å². The van der Waals surface area contributed by atoms with Crippen LogP contribution in [-0.4, -0.2) is 43.1 Å². The van der Waals surface area contributed by atoms with Gasteiger partial charge in [-0.3, -0.25) is 4.74 Å². The van der Waals surface area contributed by atoms with Crippen molar-refractivity contribution >= 4 is 0 Å². The molecule has 168 valence electrons. The average Bonchev–Trinajstić information content (AvgIpc) is 2.44. The predicted octanol–water partition coefficient (Wildman–Crippen LogP) is 5.64. The zero-order chi connectivity index (χ0) is 22.9. The third-order valence-corrected chi connectivity index (χ3v) is 2.16. The molecule has 0 spiro atoms. The Hall–Kier alpha value is -1.66. The van der Waals surface area contributed by atoms with Gasteiger partial charge in [0.1, 0.15) is 0 Å². The zero-order valence-corrected chi connectivity index (χ0v) is 11.9. The highest BCUT2D eigenvalue weighted by Crippen LogP contribution is 2.52. The molecule has 0 aliphatic carbocycles. The maximum Gasteiger partial charge on any atom is 0.471 e.